The number of oxazole rings is 1. The smallest absolute Gasteiger partial charge is 0.216 e. The first-order valence-corrected chi connectivity index (χ1v) is 9.10. The molecule has 1 saturated heterocycles. The highest BCUT2D eigenvalue weighted by Gasteiger charge is 2.39. The molecule has 1 aromatic rings. The van der Waals surface area contributed by atoms with E-state index in [1.165, 1.54) is 6.39 Å². The predicted molar refractivity (Wildman–Crippen MR) is 79.1 cm³/mol. The van der Waals surface area contributed by atoms with Gasteiger partial charge in [0.25, 0.3) is 0 Å². The number of sulfonamides is 1. The molecule has 1 aliphatic carbocycles. The van der Waals surface area contributed by atoms with Gasteiger partial charge in [-0.1, -0.05) is 0 Å². The molecule has 3 rings (SSSR count). The quantitative estimate of drug-likeness (QED) is 0.792. The summed E-state index contributed by atoms with van der Waals surface area (Å²) in [4.78, 5) is 6.49. The lowest BCUT2D eigenvalue weighted by molar-refractivity contribution is 0.164. The third kappa shape index (κ3) is 3.64. The molecule has 1 saturated carbocycles. The van der Waals surface area contributed by atoms with Crippen LogP contribution in [0.3, 0.4) is 0 Å². The fourth-order valence-electron chi connectivity index (χ4n) is 2.96. The van der Waals surface area contributed by atoms with E-state index in [4.69, 9.17) is 4.42 Å². The third-order valence-corrected chi connectivity index (χ3v) is 6.80. The molecule has 2 aliphatic rings. The predicted octanol–water partition coefficient (Wildman–Crippen LogP) is 1.31. The lowest BCUT2D eigenvalue weighted by atomic mass is 9.97. The van der Waals surface area contributed by atoms with Crippen LogP contribution in [0.15, 0.2) is 17.1 Å². The maximum Gasteiger partial charge on any atom is 0.216 e. The number of rotatable bonds is 6. The van der Waals surface area contributed by atoms with Gasteiger partial charge in [-0.3, -0.25) is 4.90 Å². The van der Waals surface area contributed by atoms with E-state index in [9.17, 15) is 8.42 Å². The Labute approximate surface area is 126 Å². The van der Waals surface area contributed by atoms with Gasteiger partial charge in [-0.15, -0.1) is 0 Å². The molecule has 6 nitrogen and oxygen atoms in total. The zero-order valence-electron chi connectivity index (χ0n) is 12.4. The highest BCUT2D eigenvalue weighted by Crippen LogP contribution is 2.31. The van der Waals surface area contributed by atoms with Crippen LogP contribution in [0.1, 0.15) is 31.4 Å². The van der Waals surface area contributed by atoms with Gasteiger partial charge in [0, 0.05) is 20.1 Å². The van der Waals surface area contributed by atoms with Gasteiger partial charge in [-0.25, -0.2) is 17.7 Å². The zero-order valence-corrected chi connectivity index (χ0v) is 13.3. The summed E-state index contributed by atoms with van der Waals surface area (Å²) < 4.78 is 30.8. The fraction of sp³-hybridized carbons (Fsp3) is 0.786. The van der Waals surface area contributed by atoms with Gasteiger partial charge < -0.3 is 4.42 Å². The summed E-state index contributed by atoms with van der Waals surface area (Å²) >= 11 is 0. The summed E-state index contributed by atoms with van der Waals surface area (Å²) in [6.07, 6.45) is 6.90. The Morgan fingerprint density at radius 1 is 1.33 bits per heavy atom. The first-order valence-electron chi connectivity index (χ1n) is 7.60. The van der Waals surface area contributed by atoms with Crippen LogP contribution in [0.2, 0.25) is 0 Å². The molecule has 1 aromatic heterocycles. The van der Waals surface area contributed by atoms with E-state index in [2.05, 4.69) is 9.88 Å². The molecule has 0 amide bonds. The third-order valence-electron chi connectivity index (χ3n) is 4.47. The van der Waals surface area contributed by atoms with Crippen LogP contribution in [-0.4, -0.2) is 54.5 Å². The van der Waals surface area contributed by atoms with Gasteiger partial charge in [0.15, 0.2) is 6.39 Å². The molecule has 118 valence electrons. The number of hydrogen-bond acceptors (Lipinski definition) is 5. The maximum absolute atomic E-state index is 12.1. The van der Waals surface area contributed by atoms with Crippen LogP contribution in [-0.2, 0) is 16.6 Å². The summed E-state index contributed by atoms with van der Waals surface area (Å²) in [6, 6.07) is 0. The molecular formula is C14H23N3O3S. The van der Waals surface area contributed by atoms with Crippen molar-refractivity contribution in [2.45, 2.75) is 37.5 Å². The molecule has 0 bridgehead atoms. The molecule has 21 heavy (non-hydrogen) atoms. The van der Waals surface area contributed by atoms with E-state index in [1.807, 2.05) is 0 Å². The molecular weight excluding hydrogens is 290 g/mol. The highest BCUT2D eigenvalue weighted by molar-refractivity contribution is 7.90. The summed E-state index contributed by atoms with van der Waals surface area (Å²) in [5, 5.41) is -0.102. The lowest BCUT2D eigenvalue weighted by Crippen LogP contribution is -2.40. The SMILES string of the molecule is CN(CC1CCN(Cc2cocn2)CC1)S(=O)(=O)C1CC1. The van der Waals surface area contributed by atoms with E-state index >= 15 is 0 Å². The first kappa shape index (κ1) is 15.0. The topological polar surface area (TPSA) is 66.7 Å². The van der Waals surface area contributed by atoms with Crippen LogP contribution in [0.5, 0.6) is 0 Å². The number of hydrogen-bond donors (Lipinski definition) is 0. The molecule has 7 heteroatoms. The lowest BCUT2D eigenvalue weighted by Gasteiger charge is -2.33. The standard InChI is InChI=1S/C14H23N3O3S/c1-16(21(18,19)14-2-3-14)8-12-4-6-17(7-5-12)9-13-10-20-11-15-13/h10-12,14H,2-9H2,1H3. The Bertz CT molecular complexity index is 546. The van der Waals surface area contributed by atoms with E-state index < -0.39 is 10.0 Å². The van der Waals surface area contributed by atoms with Crippen molar-refractivity contribution in [3.63, 3.8) is 0 Å². The van der Waals surface area contributed by atoms with Crippen molar-refractivity contribution in [3.8, 4) is 0 Å². The van der Waals surface area contributed by atoms with E-state index in [0.717, 1.165) is 51.0 Å². The van der Waals surface area contributed by atoms with Crippen LogP contribution in [0.25, 0.3) is 0 Å². The molecule has 2 heterocycles. The van der Waals surface area contributed by atoms with Crippen molar-refractivity contribution in [3.05, 3.63) is 18.4 Å². The van der Waals surface area contributed by atoms with Crippen molar-refractivity contribution < 1.29 is 12.8 Å². The van der Waals surface area contributed by atoms with Crippen LogP contribution in [0, 0.1) is 5.92 Å². The molecule has 0 N–H and O–H groups in total. The minimum Gasteiger partial charge on any atom is -0.451 e. The average Bonchev–Trinajstić information content (AvgIpc) is 3.21. The zero-order chi connectivity index (χ0) is 14.9. The average molecular weight is 313 g/mol. The molecule has 0 aromatic carbocycles. The number of nitrogens with zero attached hydrogens (tertiary/aromatic N) is 3. The maximum atomic E-state index is 12.1. The van der Waals surface area contributed by atoms with Gasteiger partial charge in [-0.2, -0.15) is 0 Å². The number of likely N-dealkylation sites (tertiary alicyclic amines) is 1. The number of piperidine rings is 1. The Balaban J connectivity index is 1.45. The van der Waals surface area contributed by atoms with Gasteiger partial charge in [0.1, 0.15) is 6.26 Å². The second kappa shape index (κ2) is 6.06. The molecule has 1 aliphatic heterocycles. The van der Waals surface area contributed by atoms with Crippen molar-refractivity contribution in [1.82, 2.24) is 14.2 Å². The van der Waals surface area contributed by atoms with Crippen LogP contribution >= 0.6 is 0 Å². The van der Waals surface area contributed by atoms with Gasteiger partial charge >= 0.3 is 0 Å². The molecule has 0 spiro atoms. The number of aromatic nitrogens is 1. The largest absolute Gasteiger partial charge is 0.451 e. The molecule has 0 unspecified atom stereocenters. The van der Waals surface area contributed by atoms with E-state index in [0.29, 0.717) is 12.5 Å². The van der Waals surface area contributed by atoms with E-state index in [1.54, 1.807) is 17.6 Å². The van der Waals surface area contributed by atoms with Gasteiger partial charge in [0.05, 0.1) is 10.9 Å². The Morgan fingerprint density at radius 2 is 2.05 bits per heavy atom. The monoisotopic (exact) mass is 313 g/mol. The fourth-order valence-corrected chi connectivity index (χ4v) is 4.62. The van der Waals surface area contributed by atoms with Crippen molar-refractivity contribution in [2.24, 2.45) is 5.92 Å². The second-order valence-corrected chi connectivity index (χ2v) is 8.54. The normalized spacial score (nSPS) is 22.0. The van der Waals surface area contributed by atoms with E-state index in [-0.39, 0.29) is 5.25 Å². The first-order chi connectivity index (χ1) is 10.1. The van der Waals surface area contributed by atoms with Crippen molar-refractivity contribution >= 4 is 10.0 Å². The minimum absolute atomic E-state index is 0.102. The summed E-state index contributed by atoms with van der Waals surface area (Å²) in [7, 11) is -1.29. The van der Waals surface area contributed by atoms with Crippen molar-refractivity contribution in [2.75, 3.05) is 26.7 Å². The Morgan fingerprint density at radius 3 is 2.62 bits per heavy atom. The molecule has 0 atom stereocenters. The Hall–Kier alpha value is -0.920. The van der Waals surface area contributed by atoms with Gasteiger partial charge in [-0.05, 0) is 44.7 Å². The summed E-state index contributed by atoms with van der Waals surface area (Å²) in [6.45, 7) is 3.47. The second-order valence-electron chi connectivity index (χ2n) is 6.22. The summed E-state index contributed by atoms with van der Waals surface area (Å²) in [5.74, 6) is 0.470. The highest BCUT2D eigenvalue weighted by atomic mass is 32.2. The molecule has 0 radical (unpaired) electrons. The van der Waals surface area contributed by atoms with Crippen molar-refractivity contribution in [1.29, 1.82) is 0 Å². The minimum atomic E-state index is -3.02. The van der Waals surface area contributed by atoms with Gasteiger partial charge in [0.2, 0.25) is 10.0 Å². The van der Waals surface area contributed by atoms with Crippen LogP contribution < -0.4 is 0 Å². The van der Waals surface area contributed by atoms with Crippen LogP contribution in [0.4, 0.5) is 0 Å². The Kier molecular flexibility index (Phi) is 4.33. The summed E-state index contributed by atoms with van der Waals surface area (Å²) in [5.41, 5.74) is 0.960. The molecule has 2 fully saturated rings.